The molecule has 0 amide bonds. The normalized spacial score (nSPS) is 11.4. The lowest BCUT2D eigenvalue weighted by Crippen LogP contribution is -1.66. The predicted molar refractivity (Wildman–Crippen MR) is 60.7 cm³/mol. The van der Waals surface area contributed by atoms with E-state index < -0.39 is 0 Å². The van der Waals surface area contributed by atoms with Crippen molar-refractivity contribution in [1.82, 2.24) is 0 Å². The van der Waals surface area contributed by atoms with Gasteiger partial charge in [-0.05, 0) is 31.4 Å². The maximum Gasteiger partial charge on any atom is 0.0403 e. The van der Waals surface area contributed by atoms with E-state index in [2.05, 4.69) is 44.0 Å². The molecular weight excluding hydrogens is 184 g/mol. The van der Waals surface area contributed by atoms with Crippen molar-refractivity contribution in [2.45, 2.75) is 13.8 Å². The van der Waals surface area contributed by atoms with Gasteiger partial charge in [0.2, 0.25) is 0 Å². The molecule has 0 saturated heterocycles. The van der Waals surface area contributed by atoms with Crippen LogP contribution in [0.15, 0.2) is 35.2 Å². The highest BCUT2D eigenvalue weighted by Gasteiger charge is 1.93. The molecule has 0 aromatic carbocycles. The van der Waals surface area contributed by atoms with Gasteiger partial charge in [-0.15, -0.1) is 24.0 Å². The Morgan fingerprint density at radius 3 is 2.67 bits per heavy atom. The summed E-state index contributed by atoms with van der Waals surface area (Å²) in [6.45, 7) is 4.15. The lowest BCUT2D eigenvalue weighted by atomic mass is 10.3. The molecule has 0 aliphatic heterocycles. The molecule has 1 rings (SSSR count). The molecule has 0 aliphatic rings. The minimum atomic E-state index is 1.03. The number of rotatable bonds is 2. The van der Waals surface area contributed by atoms with Crippen molar-refractivity contribution in [2.24, 2.45) is 0 Å². The Bertz CT molecular complexity index is 288. The standard InChI is InChI=1S/C10H12S2/c1-8(2)5-6-9(11)10-4-3-7-12-10/h3-7,11H,1-2H3/b9-6-. The summed E-state index contributed by atoms with van der Waals surface area (Å²) in [6, 6.07) is 4.11. The van der Waals surface area contributed by atoms with E-state index in [4.69, 9.17) is 0 Å². The van der Waals surface area contributed by atoms with Gasteiger partial charge >= 0.3 is 0 Å². The highest BCUT2D eigenvalue weighted by Crippen LogP contribution is 2.23. The fourth-order valence-electron chi connectivity index (χ4n) is 0.752. The van der Waals surface area contributed by atoms with E-state index in [0.29, 0.717) is 0 Å². The van der Waals surface area contributed by atoms with E-state index in [-0.39, 0.29) is 0 Å². The Kier molecular flexibility index (Phi) is 3.63. The Morgan fingerprint density at radius 1 is 1.42 bits per heavy atom. The fraction of sp³-hybridized carbons (Fsp3) is 0.200. The van der Waals surface area contributed by atoms with Crippen LogP contribution in [-0.4, -0.2) is 0 Å². The third-order valence-electron chi connectivity index (χ3n) is 1.35. The molecular formula is C10H12S2. The van der Waals surface area contributed by atoms with Crippen LogP contribution in [0.1, 0.15) is 18.7 Å². The maximum atomic E-state index is 4.39. The van der Waals surface area contributed by atoms with Crippen molar-refractivity contribution in [2.75, 3.05) is 0 Å². The van der Waals surface area contributed by atoms with Crippen molar-refractivity contribution in [1.29, 1.82) is 0 Å². The van der Waals surface area contributed by atoms with Gasteiger partial charge in [0.25, 0.3) is 0 Å². The topological polar surface area (TPSA) is 0 Å². The van der Waals surface area contributed by atoms with Gasteiger partial charge in [-0.3, -0.25) is 0 Å². The molecule has 0 aliphatic carbocycles. The number of hydrogen-bond donors (Lipinski definition) is 1. The molecule has 0 fully saturated rings. The van der Waals surface area contributed by atoms with E-state index >= 15 is 0 Å². The first-order valence-corrected chi connectivity index (χ1v) is 5.11. The Balaban J connectivity index is 2.78. The Hall–Kier alpha value is -0.470. The number of hydrogen-bond acceptors (Lipinski definition) is 2. The second-order valence-corrected chi connectivity index (χ2v) is 4.20. The van der Waals surface area contributed by atoms with Crippen molar-refractivity contribution in [3.8, 4) is 0 Å². The molecule has 1 heterocycles. The average molecular weight is 196 g/mol. The van der Waals surface area contributed by atoms with Crippen LogP contribution >= 0.6 is 24.0 Å². The highest BCUT2D eigenvalue weighted by atomic mass is 32.1. The second-order valence-electron chi connectivity index (χ2n) is 2.77. The number of thiophene rings is 1. The van der Waals surface area contributed by atoms with Gasteiger partial charge in [0, 0.05) is 9.78 Å². The summed E-state index contributed by atoms with van der Waals surface area (Å²) in [5.41, 5.74) is 1.29. The molecule has 0 N–H and O–H groups in total. The van der Waals surface area contributed by atoms with Crippen LogP contribution in [0.4, 0.5) is 0 Å². The monoisotopic (exact) mass is 196 g/mol. The lowest BCUT2D eigenvalue weighted by Gasteiger charge is -1.92. The first kappa shape index (κ1) is 9.62. The van der Waals surface area contributed by atoms with Crippen molar-refractivity contribution < 1.29 is 0 Å². The fourth-order valence-corrected chi connectivity index (χ4v) is 1.71. The minimum absolute atomic E-state index is 1.03. The maximum absolute atomic E-state index is 4.39. The second kappa shape index (κ2) is 4.53. The molecule has 0 saturated carbocycles. The van der Waals surface area contributed by atoms with Crippen LogP contribution in [0.2, 0.25) is 0 Å². The zero-order chi connectivity index (χ0) is 8.97. The van der Waals surface area contributed by atoms with Gasteiger partial charge in [-0.2, -0.15) is 0 Å². The van der Waals surface area contributed by atoms with E-state index in [1.54, 1.807) is 11.3 Å². The molecule has 0 atom stereocenters. The first-order valence-electron chi connectivity index (χ1n) is 3.78. The zero-order valence-corrected chi connectivity index (χ0v) is 8.95. The molecule has 1 aromatic heterocycles. The predicted octanol–water partition coefficient (Wildman–Crippen LogP) is 3.99. The summed E-state index contributed by atoms with van der Waals surface area (Å²) in [7, 11) is 0. The van der Waals surface area contributed by atoms with E-state index in [1.165, 1.54) is 10.5 Å². The van der Waals surface area contributed by atoms with Gasteiger partial charge in [-0.1, -0.05) is 17.7 Å². The Labute approximate surface area is 83.0 Å². The Morgan fingerprint density at radius 2 is 2.17 bits per heavy atom. The molecule has 0 radical (unpaired) electrons. The van der Waals surface area contributed by atoms with Crippen molar-refractivity contribution >= 4 is 28.9 Å². The highest BCUT2D eigenvalue weighted by molar-refractivity contribution is 7.90. The molecule has 64 valence electrons. The third-order valence-corrected chi connectivity index (χ3v) is 2.79. The number of allylic oxidation sites excluding steroid dienone is 3. The summed E-state index contributed by atoms with van der Waals surface area (Å²) in [5.74, 6) is 0. The van der Waals surface area contributed by atoms with E-state index in [0.717, 1.165) is 4.91 Å². The summed E-state index contributed by atoms with van der Waals surface area (Å²) >= 11 is 6.10. The SMILES string of the molecule is CC(C)=C/C=C(\S)c1cccs1. The molecule has 12 heavy (non-hydrogen) atoms. The molecule has 0 unspecified atom stereocenters. The van der Waals surface area contributed by atoms with Crippen LogP contribution in [0.3, 0.4) is 0 Å². The zero-order valence-electron chi connectivity index (χ0n) is 7.24. The van der Waals surface area contributed by atoms with Gasteiger partial charge in [0.15, 0.2) is 0 Å². The van der Waals surface area contributed by atoms with Crippen LogP contribution in [0.25, 0.3) is 4.91 Å². The van der Waals surface area contributed by atoms with E-state index in [9.17, 15) is 0 Å². The molecule has 1 aromatic rings. The smallest absolute Gasteiger partial charge is 0.0403 e. The summed E-state index contributed by atoms with van der Waals surface area (Å²) < 4.78 is 0. The average Bonchev–Trinajstić information content (AvgIpc) is 2.51. The molecule has 2 heteroatoms. The summed E-state index contributed by atoms with van der Waals surface area (Å²) in [4.78, 5) is 2.25. The van der Waals surface area contributed by atoms with Crippen LogP contribution in [0.5, 0.6) is 0 Å². The third kappa shape index (κ3) is 2.88. The van der Waals surface area contributed by atoms with Gasteiger partial charge in [0.1, 0.15) is 0 Å². The minimum Gasteiger partial charge on any atom is -0.143 e. The largest absolute Gasteiger partial charge is 0.143 e. The van der Waals surface area contributed by atoms with Crippen molar-refractivity contribution in [3.05, 3.63) is 40.1 Å². The molecule has 0 bridgehead atoms. The summed E-state index contributed by atoms with van der Waals surface area (Å²) in [5, 5.41) is 2.06. The van der Waals surface area contributed by atoms with Gasteiger partial charge in [-0.25, -0.2) is 0 Å². The quantitative estimate of drug-likeness (QED) is 0.536. The van der Waals surface area contributed by atoms with Crippen molar-refractivity contribution in [3.63, 3.8) is 0 Å². The van der Waals surface area contributed by atoms with Crippen LogP contribution in [-0.2, 0) is 0 Å². The van der Waals surface area contributed by atoms with Gasteiger partial charge < -0.3 is 0 Å². The number of thiol groups is 1. The van der Waals surface area contributed by atoms with Crippen LogP contribution < -0.4 is 0 Å². The lowest BCUT2D eigenvalue weighted by molar-refractivity contribution is 1.40. The molecule has 0 spiro atoms. The van der Waals surface area contributed by atoms with E-state index in [1.807, 2.05) is 12.1 Å². The van der Waals surface area contributed by atoms with Crippen LogP contribution in [0, 0.1) is 0 Å². The first-order chi connectivity index (χ1) is 5.70. The van der Waals surface area contributed by atoms with Gasteiger partial charge in [0.05, 0.1) is 0 Å². The summed E-state index contributed by atoms with van der Waals surface area (Å²) in [6.07, 6.45) is 4.10. The molecule has 0 nitrogen and oxygen atoms in total.